The smallest absolute Gasteiger partial charge is 0.0153 e. The second-order valence-electron chi connectivity index (χ2n) is 3.57. The van der Waals surface area contributed by atoms with Crippen molar-refractivity contribution in [1.82, 2.24) is 0 Å². The zero-order valence-corrected chi connectivity index (χ0v) is 9.81. The predicted octanol–water partition coefficient (Wildman–Crippen LogP) is 4.35. The van der Waals surface area contributed by atoms with E-state index in [2.05, 4.69) is 44.2 Å². The summed E-state index contributed by atoms with van der Waals surface area (Å²) in [6, 6.07) is 10.6. The zero-order valence-electron chi connectivity index (χ0n) is 8.99. The summed E-state index contributed by atoms with van der Waals surface area (Å²) in [6.07, 6.45) is 3.38. The third kappa shape index (κ3) is 2.91. The minimum absolute atomic E-state index is 0.487. The van der Waals surface area contributed by atoms with E-state index in [0.717, 1.165) is 6.42 Å². The highest BCUT2D eigenvalue weighted by atomic mass is 32.1. The molecule has 0 aliphatic heterocycles. The molecule has 76 valence electrons. The van der Waals surface area contributed by atoms with Crippen molar-refractivity contribution in [3.63, 3.8) is 0 Å². The Morgan fingerprint density at radius 2 is 1.86 bits per heavy atom. The van der Waals surface area contributed by atoms with Gasteiger partial charge in [-0.1, -0.05) is 62.8 Å². The molecule has 0 aliphatic rings. The van der Waals surface area contributed by atoms with Crippen molar-refractivity contribution in [3.8, 4) is 0 Å². The normalized spacial score (nSPS) is 12.4. The number of hydrogen-bond acceptors (Lipinski definition) is 1. The zero-order chi connectivity index (χ0) is 10.4. The Morgan fingerprint density at radius 1 is 1.21 bits per heavy atom. The van der Waals surface area contributed by atoms with Gasteiger partial charge in [-0.25, -0.2) is 0 Å². The summed E-state index contributed by atoms with van der Waals surface area (Å²) in [5, 5.41) is 0. The van der Waals surface area contributed by atoms with E-state index in [9.17, 15) is 0 Å². The quantitative estimate of drug-likeness (QED) is 0.645. The maximum absolute atomic E-state index is 5.42. The Morgan fingerprint density at radius 3 is 2.36 bits per heavy atom. The third-order valence-corrected chi connectivity index (χ3v) is 3.09. The summed E-state index contributed by atoms with van der Waals surface area (Å²) in [5.41, 5.74) is 1.38. The molecule has 0 saturated carbocycles. The van der Waals surface area contributed by atoms with Crippen molar-refractivity contribution in [2.45, 2.75) is 39.0 Å². The molecule has 0 amide bonds. The van der Waals surface area contributed by atoms with E-state index in [1.807, 2.05) is 0 Å². The Bertz CT molecular complexity index is 277. The van der Waals surface area contributed by atoms with Crippen LogP contribution in [0.5, 0.6) is 0 Å². The first-order valence-electron chi connectivity index (χ1n) is 5.37. The van der Waals surface area contributed by atoms with Gasteiger partial charge in [-0.2, -0.15) is 0 Å². The summed E-state index contributed by atoms with van der Waals surface area (Å²) in [6.45, 7) is 4.36. The molecular weight excluding hydrogens is 188 g/mol. The fourth-order valence-corrected chi connectivity index (χ4v) is 1.99. The average molecular weight is 206 g/mol. The van der Waals surface area contributed by atoms with Crippen LogP contribution < -0.4 is 0 Å². The van der Waals surface area contributed by atoms with Gasteiger partial charge in [-0.15, -0.1) is 0 Å². The first-order chi connectivity index (χ1) is 6.79. The van der Waals surface area contributed by atoms with Crippen molar-refractivity contribution in [2.75, 3.05) is 0 Å². The largest absolute Gasteiger partial charge is 0.0890 e. The lowest BCUT2D eigenvalue weighted by molar-refractivity contribution is 0.743. The molecule has 0 fully saturated rings. The van der Waals surface area contributed by atoms with Crippen LogP contribution in [-0.4, -0.2) is 4.86 Å². The second-order valence-corrected chi connectivity index (χ2v) is 4.10. The van der Waals surface area contributed by atoms with E-state index in [-0.39, 0.29) is 0 Å². The van der Waals surface area contributed by atoms with Crippen molar-refractivity contribution in [1.29, 1.82) is 0 Å². The summed E-state index contributed by atoms with van der Waals surface area (Å²) < 4.78 is 0. The van der Waals surface area contributed by atoms with Crippen LogP contribution in [0.4, 0.5) is 0 Å². The molecule has 1 heteroatoms. The van der Waals surface area contributed by atoms with Gasteiger partial charge in [0.1, 0.15) is 0 Å². The molecule has 1 rings (SSSR count). The first kappa shape index (κ1) is 11.4. The number of thiocarbonyl (C=S) groups is 1. The highest BCUT2D eigenvalue weighted by Gasteiger charge is 2.13. The Balaban J connectivity index is 2.83. The van der Waals surface area contributed by atoms with Gasteiger partial charge in [0.25, 0.3) is 0 Å². The van der Waals surface area contributed by atoms with Gasteiger partial charge < -0.3 is 0 Å². The lowest BCUT2D eigenvalue weighted by Gasteiger charge is -2.16. The minimum Gasteiger partial charge on any atom is -0.0890 e. The maximum atomic E-state index is 5.42. The Labute approximate surface area is 92.3 Å². The van der Waals surface area contributed by atoms with E-state index in [4.69, 9.17) is 12.2 Å². The summed E-state index contributed by atoms with van der Waals surface area (Å²) in [4.78, 5) is 1.19. The van der Waals surface area contributed by atoms with Crippen LogP contribution in [0.1, 0.15) is 44.6 Å². The highest BCUT2D eigenvalue weighted by molar-refractivity contribution is 7.80. The van der Waals surface area contributed by atoms with Gasteiger partial charge in [0, 0.05) is 10.8 Å². The van der Waals surface area contributed by atoms with E-state index < -0.39 is 0 Å². The van der Waals surface area contributed by atoms with Crippen LogP contribution >= 0.6 is 12.2 Å². The van der Waals surface area contributed by atoms with Crippen LogP contribution in [0.3, 0.4) is 0 Å². The van der Waals surface area contributed by atoms with Crippen LogP contribution in [0.25, 0.3) is 0 Å². The molecule has 1 aromatic rings. The van der Waals surface area contributed by atoms with Crippen molar-refractivity contribution in [3.05, 3.63) is 35.9 Å². The molecule has 0 spiro atoms. The molecule has 0 N–H and O–H groups in total. The first-order valence-corrected chi connectivity index (χ1v) is 5.78. The average Bonchev–Trinajstić information content (AvgIpc) is 2.26. The third-order valence-electron chi connectivity index (χ3n) is 2.52. The van der Waals surface area contributed by atoms with Crippen LogP contribution in [0, 0.1) is 0 Å². The topological polar surface area (TPSA) is 0 Å². The van der Waals surface area contributed by atoms with Gasteiger partial charge in [0.2, 0.25) is 0 Å². The fraction of sp³-hybridized carbons (Fsp3) is 0.462. The lowest BCUT2D eigenvalue weighted by atomic mass is 9.90. The van der Waals surface area contributed by atoms with E-state index in [1.54, 1.807) is 0 Å². The minimum atomic E-state index is 0.487. The summed E-state index contributed by atoms with van der Waals surface area (Å²) >= 11 is 5.42. The van der Waals surface area contributed by atoms with Crippen molar-refractivity contribution in [2.24, 2.45) is 0 Å². The molecule has 0 bridgehead atoms. The molecule has 0 aromatic heterocycles. The summed E-state index contributed by atoms with van der Waals surface area (Å²) in [5.74, 6) is 0.487. The van der Waals surface area contributed by atoms with Crippen LogP contribution in [0.15, 0.2) is 30.3 Å². The van der Waals surface area contributed by atoms with Crippen molar-refractivity contribution >= 4 is 17.1 Å². The Hall–Kier alpha value is -0.690. The standard InChI is InChI=1S/C13H18S/c1-3-8-12(13(14)4-2)11-9-6-5-7-10-11/h5-7,9-10,12H,3-4,8H2,1-2H3. The summed E-state index contributed by atoms with van der Waals surface area (Å²) in [7, 11) is 0. The monoisotopic (exact) mass is 206 g/mol. The molecule has 14 heavy (non-hydrogen) atoms. The van der Waals surface area contributed by atoms with Gasteiger partial charge >= 0.3 is 0 Å². The number of hydrogen-bond donors (Lipinski definition) is 0. The molecule has 1 atom stereocenters. The predicted molar refractivity (Wildman–Crippen MR) is 67.0 cm³/mol. The molecule has 0 heterocycles. The van der Waals surface area contributed by atoms with Gasteiger partial charge in [-0.3, -0.25) is 0 Å². The van der Waals surface area contributed by atoms with Crippen LogP contribution in [0.2, 0.25) is 0 Å². The highest BCUT2D eigenvalue weighted by Crippen LogP contribution is 2.24. The number of benzene rings is 1. The molecule has 1 aromatic carbocycles. The Kier molecular flexibility index (Phi) is 4.81. The van der Waals surface area contributed by atoms with E-state index >= 15 is 0 Å². The molecule has 0 aliphatic carbocycles. The maximum Gasteiger partial charge on any atom is 0.0153 e. The van der Waals surface area contributed by atoms with Gasteiger partial charge in [0.15, 0.2) is 0 Å². The van der Waals surface area contributed by atoms with Gasteiger partial charge in [-0.05, 0) is 18.4 Å². The number of rotatable bonds is 5. The van der Waals surface area contributed by atoms with E-state index in [1.165, 1.54) is 23.3 Å². The van der Waals surface area contributed by atoms with Gasteiger partial charge in [0.05, 0.1) is 0 Å². The molecule has 1 unspecified atom stereocenters. The molecule has 0 radical (unpaired) electrons. The van der Waals surface area contributed by atoms with Crippen molar-refractivity contribution < 1.29 is 0 Å². The lowest BCUT2D eigenvalue weighted by Crippen LogP contribution is -2.09. The fourth-order valence-electron chi connectivity index (χ4n) is 1.73. The van der Waals surface area contributed by atoms with E-state index in [0.29, 0.717) is 5.92 Å². The SMILES string of the molecule is CCCC(C(=S)CC)c1ccccc1. The van der Waals surface area contributed by atoms with Crippen LogP contribution in [-0.2, 0) is 0 Å². The second kappa shape index (κ2) is 5.92. The molecule has 0 nitrogen and oxygen atoms in total. The molecular formula is C13H18S. The molecule has 0 saturated heterocycles.